The highest BCUT2D eigenvalue weighted by molar-refractivity contribution is 5.98. The topological polar surface area (TPSA) is 110 Å². The number of likely N-dealkylation sites (N-methyl/N-ethyl adjacent to an activating group) is 1. The molecule has 6 rings (SSSR count). The van der Waals surface area contributed by atoms with Crippen LogP contribution >= 0.6 is 0 Å². The Morgan fingerprint density at radius 2 is 1.83 bits per heavy atom. The fourth-order valence-corrected chi connectivity index (χ4v) is 4.95. The molecule has 11 heteroatoms. The Labute approximate surface area is 241 Å². The summed E-state index contributed by atoms with van der Waals surface area (Å²) in [4.78, 5) is 19.1. The summed E-state index contributed by atoms with van der Waals surface area (Å²) in [5, 5.41) is 14.3. The molecule has 4 heterocycles. The van der Waals surface area contributed by atoms with Crippen LogP contribution in [0.25, 0.3) is 55.8 Å². The van der Waals surface area contributed by atoms with Gasteiger partial charge in [-0.3, -0.25) is 15.1 Å². The van der Waals surface area contributed by atoms with Crippen molar-refractivity contribution in [3.63, 3.8) is 0 Å². The largest absolute Gasteiger partial charge is 0.384 e. The average molecular weight is 568 g/mol. The van der Waals surface area contributed by atoms with E-state index in [0.29, 0.717) is 63.5 Å². The third kappa shape index (κ3) is 5.56. The second kappa shape index (κ2) is 11.6. The molecule has 0 aliphatic carbocycles. The molecular formula is C31H31F2N9. The summed E-state index contributed by atoms with van der Waals surface area (Å²) in [6, 6.07) is 11.9. The molecule has 2 aromatic carbocycles. The zero-order valence-electron chi connectivity index (χ0n) is 23.6. The Hall–Kier alpha value is -4.74. The van der Waals surface area contributed by atoms with E-state index in [-0.39, 0.29) is 11.3 Å². The van der Waals surface area contributed by atoms with Gasteiger partial charge in [-0.2, -0.15) is 5.10 Å². The van der Waals surface area contributed by atoms with Crippen LogP contribution in [0.3, 0.4) is 0 Å². The van der Waals surface area contributed by atoms with Crippen LogP contribution in [-0.2, 0) is 6.54 Å². The van der Waals surface area contributed by atoms with Crippen LogP contribution in [0.1, 0.15) is 12.5 Å². The number of imidazole rings is 1. The van der Waals surface area contributed by atoms with E-state index in [2.05, 4.69) is 35.8 Å². The van der Waals surface area contributed by atoms with Crippen molar-refractivity contribution in [1.29, 1.82) is 0 Å². The van der Waals surface area contributed by atoms with E-state index in [1.54, 1.807) is 24.7 Å². The molecule has 0 radical (unpaired) electrons. The molecule has 0 saturated heterocycles. The summed E-state index contributed by atoms with van der Waals surface area (Å²) >= 11 is 0. The van der Waals surface area contributed by atoms with Crippen molar-refractivity contribution in [3.8, 4) is 33.9 Å². The van der Waals surface area contributed by atoms with Gasteiger partial charge in [0.25, 0.3) is 0 Å². The maximum absolute atomic E-state index is 15.3. The highest BCUT2D eigenvalue weighted by Gasteiger charge is 2.19. The maximum atomic E-state index is 15.3. The summed E-state index contributed by atoms with van der Waals surface area (Å²) in [5.41, 5.74) is 6.30. The normalized spacial score (nSPS) is 11.7. The van der Waals surface area contributed by atoms with Crippen molar-refractivity contribution >= 4 is 27.6 Å². The van der Waals surface area contributed by atoms with Gasteiger partial charge in [-0.15, -0.1) is 0 Å². The maximum Gasteiger partial charge on any atom is 0.157 e. The predicted octanol–water partition coefficient (Wildman–Crippen LogP) is 5.59. The molecule has 42 heavy (non-hydrogen) atoms. The number of benzene rings is 2. The lowest BCUT2D eigenvalue weighted by Gasteiger charge is -2.12. The van der Waals surface area contributed by atoms with E-state index >= 15 is 4.39 Å². The van der Waals surface area contributed by atoms with Crippen LogP contribution < -0.4 is 10.6 Å². The van der Waals surface area contributed by atoms with Crippen LogP contribution in [0.15, 0.2) is 61.1 Å². The minimum Gasteiger partial charge on any atom is -0.384 e. The lowest BCUT2D eigenvalue weighted by atomic mass is 10.0. The van der Waals surface area contributed by atoms with E-state index in [1.807, 2.05) is 44.1 Å². The number of aromatic amines is 2. The molecule has 0 aliphatic heterocycles. The molecule has 4 N–H and O–H groups in total. The minimum absolute atomic E-state index is 0.211. The van der Waals surface area contributed by atoms with E-state index < -0.39 is 5.82 Å². The second-order valence-corrected chi connectivity index (χ2v) is 10.4. The van der Waals surface area contributed by atoms with Crippen molar-refractivity contribution < 1.29 is 8.78 Å². The van der Waals surface area contributed by atoms with E-state index in [1.165, 1.54) is 18.2 Å². The Balaban J connectivity index is 1.39. The number of H-pyrrole nitrogens is 2. The first-order valence-electron chi connectivity index (χ1n) is 13.8. The first-order chi connectivity index (χ1) is 20.4. The molecular weight excluding hydrogens is 536 g/mol. The van der Waals surface area contributed by atoms with Crippen LogP contribution in [0, 0.1) is 11.6 Å². The summed E-state index contributed by atoms with van der Waals surface area (Å²) in [7, 11) is 3.97. The van der Waals surface area contributed by atoms with Crippen molar-refractivity contribution in [1.82, 2.24) is 40.3 Å². The molecule has 0 bridgehead atoms. The number of rotatable bonds is 10. The Morgan fingerprint density at radius 1 is 0.952 bits per heavy atom. The van der Waals surface area contributed by atoms with E-state index in [0.717, 1.165) is 24.2 Å². The van der Waals surface area contributed by atoms with Crippen molar-refractivity contribution in [2.45, 2.75) is 13.5 Å². The first-order valence-corrected chi connectivity index (χ1v) is 13.8. The Morgan fingerprint density at radius 3 is 2.67 bits per heavy atom. The molecule has 9 nitrogen and oxygen atoms in total. The van der Waals surface area contributed by atoms with Crippen molar-refractivity contribution in [3.05, 3.63) is 78.3 Å². The fraction of sp³-hybridized carbons (Fsp3) is 0.226. The van der Waals surface area contributed by atoms with Gasteiger partial charge in [0.05, 0.1) is 11.2 Å². The van der Waals surface area contributed by atoms with Crippen molar-refractivity contribution in [2.75, 3.05) is 39.0 Å². The number of fused-ring (bicyclic) bond motifs is 2. The number of aromatic nitrogens is 6. The molecule has 0 aliphatic rings. The molecule has 4 aromatic heterocycles. The van der Waals surface area contributed by atoms with Gasteiger partial charge in [0, 0.05) is 60.4 Å². The quantitative estimate of drug-likeness (QED) is 0.171. The van der Waals surface area contributed by atoms with Crippen molar-refractivity contribution in [2.24, 2.45) is 0 Å². The molecule has 0 atom stereocenters. The number of hydrogen-bond acceptors (Lipinski definition) is 7. The third-order valence-electron chi connectivity index (χ3n) is 7.02. The highest BCUT2D eigenvalue weighted by Crippen LogP contribution is 2.34. The lowest BCUT2D eigenvalue weighted by Crippen LogP contribution is -2.20. The van der Waals surface area contributed by atoms with Crippen LogP contribution in [0.5, 0.6) is 0 Å². The van der Waals surface area contributed by atoms with Gasteiger partial charge in [0.15, 0.2) is 11.6 Å². The molecule has 214 valence electrons. The van der Waals surface area contributed by atoms with Gasteiger partial charge in [-0.25, -0.2) is 13.8 Å². The van der Waals surface area contributed by atoms with Crippen LogP contribution in [-0.4, -0.2) is 68.8 Å². The smallest absolute Gasteiger partial charge is 0.157 e. The SMILES string of the molecule is CCNCc1cncc(-c2cc(F)c3n[nH]c(-c4nc5c(-c6cc(F)cc(NCCN(C)C)c6)nccc5[nH]4)c3c2)c1. The van der Waals surface area contributed by atoms with Crippen LogP contribution in [0.2, 0.25) is 0 Å². The number of hydrogen-bond donors (Lipinski definition) is 4. The highest BCUT2D eigenvalue weighted by atomic mass is 19.1. The van der Waals surface area contributed by atoms with E-state index in [9.17, 15) is 4.39 Å². The van der Waals surface area contributed by atoms with Gasteiger partial charge in [-0.1, -0.05) is 6.92 Å². The molecule has 0 unspecified atom stereocenters. The summed E-state index contributed by atoms with van der Waals surface area (Å²) in [6.45, 7) is 5.03. The summed E-state index contributed by atoms with van der Waals surface area (Å²) < 4.78 is 29.9. The molecule has 0 saturated carbocycles. The Kier molecular flexibility index (Phi) is 7.60. The van der Waals surface area contributed by atoms with Gasteiger partial charge >= 0.3 is 0 Å². The molecule has 0 fully saturated rings. The fourth-order valence-electron chi connectivity index (χ4n) is 4.95. The minimum atomic E-state index is -0.449. The predicted molar refractivity (Wildman–Crippen MR) is 162 cm³/mol. The monoisotopic (exact) mass is 567 g/mol. The van der Waals surface area contributed by atoms with Crippen LogP contribution in [0.4, 0.5) is 14.5 Å². The zero-order valence-corrected chi connectivity index (χ0v) is 23.6. The van der Waals surface area contributed by atoms with Gasteiger partial charge in [0.2, 0.25) is 0 Å². The summed E-state index contributed by atoms with van der Waals surface area (Å²) in [6.07, 6.45) is 5.17. The first kappa shape index (κ1) is 27.4. The molecule has 0 amide bonds. The lowest BCUT2D eigenvalue weighted by molar-refractivity contribution is 0.425. The van der Waals surface area contributed by atoms with Gasteiger partial charge in [0.1, 0.15) is 22.5 Å². The summed E-state index contributed by atoms with van der Waals surface area (Å²) in [5.74, 6) is -0.353. The number of pyridine rings is 2. The average Bonchev–Trinajstić information content (AvgIpc) is 3.60. The molecule has 0 spiro atoms. The third-order valence-corrected chi connectivity index (χ3v) is 7.02. The second-order valence-electron chi connectivity index (χ2n) is 10.4. The van der Waals surface area contributed by atoms with E-state index in [4.69, 9.17) is 4.98 Å². The number of halogens is 2. The number of nitrogens with one attached hydrogen (secondary N) is 4. The van der Waals surface area contributed by atoms with Gasteiger partial charge in [-0.05, 0) is 74.2 Å². The molecule has 6 aromatic rings. The number of anilines is 1. The standard InChI is InChI=1S/C31H31F2N9/c1-4-34-15-18-9-21(17-35-16-18)19-12-24-28(25(33)13-19)40-41-29(24)31-38-26-5-6-37-27(30(26)39-31)20-10-22(32)14-23(11-20)36-7-8-42(2)3/h5-6,9-14,16-17,34,36H,4,7-8,15H2,1-3H3,(H,38,39)(H,40,41). The van der Waals surface area contributed by atoms with Gasteiger partial charge < -0.3 is 20.5 Å². The Bertz CT molecular complexity index is 1880. The zero-order chi connectivity index (χ0) is 29.2. The number of nitrogens with zero attached hydrogens (tertiary/aromatic N) is 5.